The number of rotatable bonds is 8. The molecule has 0 spiro atoms. The van der Waals surface area contributed by atoms with E-state index in [0.717, 1.165) is 53.1 Å². The summed E-state index contributed by atoms with van der Waals surface area (Å²) in [5.41, 5.74) is 7.53. The maximum Gasteiger partial charge on any atom is 0.192 e. The lowest BCUT2D eigenvalue weighted by molar-refractivity contribution is 0.105. The van der Waals surface area contributed by atoms with E-state index in [2.05, 4.69) is 67.6 Å². The summed E-state index contributed by atoms with van der Waals surface area (Å²) < 4.78 is 18.9. The number of aliphatic hydroxyl groups excluding tert-OH is 1. The summed E-state index contributed by atoms with van der Waals surface area (Å²) in [6.07, 6.45) is 4.05. The highest BCUT2D eigenvalue weighted by molar-refractivity contribution is 6.74. The summed E-state index contributed by atoms with van der Waals surface area (Å²) in [6.45, 7) is 25.9. The Hall–Kier alpha value is -1.99. The fourth-order valence-corrected chi connectivity index (χ4v) is 7.18. The van der Waals surface area contributed by atoms with Gasteiger partial charge in [0.25, 0.3) is 0 Å². The van der Waals surface area contributed by atoms with Crippen molar-refractivity contribution >= 4 is 13.9 Å². The Morgan fingerprint density at radius 1 is 1.07 bits per heavy atom. The lowest BCUT2D eigenvalue weighted by Gasteiger charge is -2.45. The number of hydrogen-bond acceptors (Lipinski definition) is 5. The van der Waals surface area contributed by atoms with Crippen molar-refractivity contribution in [2.24, 2.45) is 5.41 Å². The molecule has 2 heterocycles. The van der Waals surface area contributed by atoms with Gasteiger partial charge in [0.05, 0.1) is 25.4 Å². The highest BCUT2D eigenvalue weighted by Gasteiger charge is 2.45. The van der Waals surface area contributed by atoms with Crippen LogP contribution in [0.3, 0.4) is 0 Å². The number of nitrogens with zero attached hydrogens (tertiary/aromatic N) is 1. The van der Waals surface area contributed by atoms with Gasteiger partial charge >= 0.3 is 0 Å². The summed E-state index contributed by atoms with van der Waals surface area (Å²) in [5.74, 6) is 0.957. The van der Waals surface area contributed by atoms with E-state index < -0.39 is 14.4 Å². The fourth-order valence-electron chi connectivity index (χ4n) is 5.91. The average Bonchev–Trinajstić information content (AvgIpc) is 2.86. The van der Waals surface area contributed by atoms with Crippen molar-refractivity contribution in [2.75, 3.05) is 13.2 Å². The molecule has 6 heteroatoms. The molecule has 2 atom stereocenters. The molecule has 0 saturated heterocycles. The van der Waals surface area contributed by atoms with Gasteiger partial charge in [-0.2, -0.15) is 0 Å². The van der Waals surface area contributed by atoms with Gasteiger partial charge in [-0.3, -0.25) is 4.98 Å². The molecule has 226 valence electrons. The number of pyridine rings is 1. The zero-order valence-electron chi connectivity index (χ0n) is 27.4. The third-order valence-corrected chi connectivity index (χ3v) is 13.5. The maximum atomic E-state index is 12.2. The van der Waals surface area contributed by atoms with Crippen LogP contribution < -0.4 is 4.74 Å². The van der Waals surface area contributed by atoms with E-state index in [1.165, 1.54) is 11.1 Å². The monoisotopic (exact) mass is 579 g/mol. The summed E-state index contributed by atoms with van der Waals surface area (Å²) >= 11 is 0. The molecule has 0 fully saturated rings. The molecule has 0 amide bonds. The van der Waals surface area contributed by atoms with Crippen molar-refractivity contribution in [3.8, 4) is 5.75 Å². The molecule has 41 heavy (non-hydrogen) atoms. The van der Waals surface area contributed by atoms with Crippen LogP contribution in [0.5, 0.6) is 5.75 Å². The molecular formula is C35H53NO4Si. The molecule has 1 unspecified atom stereocenters. The predicted octanol–water partition coefficient (Wildman–Crippen LogP) is 8.91. The number of aromatic nitrogens is 1. The molecule has 1 aromatic carbocycles. The maximum absolute atomic E-state index is 12.2. The number of hydrogen-bond donors (Lipinski definition) is 1. The largest absolute Gasteiger partial charge is 0.491 e. The molecule has 0 radical (unpaired) electrons. The van der Waals surface area contributed by atoms with Gasteiger partial charge in [-0.1, -0.05) is 66.7 Å². The van der Waals surface area contributed by atoms with Crippen LogP contribution in [0.2, 0.25) is 18.1 Å². The summed E-state index contributed by atoms with van der Waals surface area (Å²) in [5, 5.41) is 12.3. The fraction of sp³-hybridized carbons (Fsp3) is 0.629. The van der Waals surface area contributed by atoms with Crippen LogP contribution in [0, 0.1) is 5.41 Å². The van der Waals surface area contributed by atoms with E-state index in [9.17, 15) is 5.11 Å². The molecule has 2 aliphatic rings. The molecule has 1 aliphatic carbocycles. The van der Waals surface area contributed by atoms with Crippen LogP contribution in [-0.4, -0.2) is 37.7 Å². The van der Waals surface area contributed by atoms with Crippen molar-refractivity contribution in [1.29, 1.82) is 0 Å². The second-order valence-electron chi connectivity index (χ2n) is 14.9. The minimum atomic E-state index is -2.11. The van der Waals surface area contributed by atoms with Gasteiger partial charge in [-0.05, 0) is 91.4 Å². The van der Waals surface area contributed by atoms with Crippen LogP contribution in [0.25, 0.3) is 5.57 Å². The van der Waals surface area contributed by atoms with Crippen molar-refractivity contribution < 1.29 is 19.0 Å². The first-order valence-corrected chi connectivity index (χ1v) is 18.4. The van der Waals surface area contributed by atoms with Crippen LogP contribution in [-0.2, 0) is 15.6 Å². The van der Waals surface area contributed by atoms with Crippen LogP contribution in [0.15, 0.2) is 30.3 Å². The third-order valence-electron chi connectivity index (χ3n) is 9.00. The molecule has 4 rings (SSSR count). The Morgan fingerprint density at radius 3 is 2.27 bits per heavy atom. The molecule has 5 nitrogen and oxygen atoms in total. The Morgan fingerprint density at radius 2 is 1.73 bits per heavy atom. The van der Waals surface area contributed by atoms with Gasteiger partial charge in [0.15, 0.2) is 8.32 Å². The van der Waals surface area contributed by atoms with Gasteiger partial charge in [0.1, 0.15) is 11.9 Å². The summed E-state index contributed by atoms with van der Waals surface area (Å²) in [4.78, 5) is 5.40. The predicted molar refractivity (Wildman–Crippen MR) is 171 cm³/mol. The van der Waals surface area contributed by atoms with Gasteiger partial charge in [0, 0.05) is 22.5 Å². The summed E-state index contributed by atoms with van der Waals surface area (Å²) in [6, 6.07) is 7.89. The lowest BCUT2D eigenvalue weighted by atomic mass is 9.71. The van der Waals surface area contributed by atoms with Crippen LogP contribution >= 0.6 is 0 Å². The minimum Gasteiger partial charge on any atom is -0.491 e. The highest BCUT2D eigenvalue weighted by Crippen LogP contribution is 2.51. The first-order valence-electron chi connectivity index (χ1n) is 15.5. The topological polar surface area (TPSA) is 60.8 Å². The number of ether oxygens (including phenoxy) is 2. The Balaban J connectivity index is 1.98. The van der Waals surface area contributed by atoms with E-state index in [4.69, 9.17) is 18.9 Å². The van der Waals surface area contributed by atoms with Gasteiger partial charge in [0.2, 0.25) is 0 Å². The molecular weight excluding hydrogens is 526 g/mol. The quantitative estimate of drug-likeness (QED) is 0.316. The molecule has 2 aromatic rings. The van der Waals surface area contributed by atoms with Crippen LogP contribution in [0.1, 0.15) is 127 Å². The Labute approximate surface area is 249 Å². The molecule has 1 N–H and O–H groups in total. The average molecular weight is 580 g/mol. The Kier molecular flexibility index (Phi) is 9.30. The van der Waals surface area contributed by atoms with E-state index in [-0.39, 0.29) is 28.6 Å². The van der Waals surface area contributed by atoms with E-state index >= 15 is 0 Å². The first kappa shape index (κ1) is 31.9. The standard InChI is InChI=1S/C35H53NO4Si/c1-22(2)32-31(33(37)25-12-14-26(15-13-25)39-23(3)4)29(24-16-18-38-19-17-24)30-27(36-32)20-35(8,9)21-28(30)40-41(10,11)34(5,6)7/h12-16,22-23,28,33,37H,17-21H2,1-11H3/t28?,33-/m1/s1. The van der Waals surface area contributed by atoms with E-state index in [1.54, 1.807) is 0 Å². The van der Waals surface area contributed by atoms with Crippen molar-refractivity contribution in [2.45, 2.75) is 124 Å². The summed E-state index contributed by atoms with van der Waals surface area (Å²) in [7, 11) is -2.11. The second-order valence-corrected chi connectivity index (χ2v) is 19.7. The zero-order valence-corrected chi connectivity index (χ0v) is 28.4. The number of aliphatic hydroxyl groups is 1. The molecule has 0 bridgehead atoms. The van der Waals surface area contributed by atoms with Gasteiger partial charge in [-0.15, -0.1) is 0 Å². The van der Waals surface area contributed by atoms with E-state index in [1.807, 2.05) is 38.1 Å². The van der Waals surface area contributed by atoms with E-state index in [0.29, 0.717) is 13.2 Å². The molecule has 1 aliphatic heterocycles. The zero-order chi connectivity index (χ0) is 30.3. The first-order chi connectivity index (χ1) is 19.0. The smallest absolute Gasteiger partial charge is 0.192 e. The third kappa shape index (κ3) is 6.98. The Bertz CT molecular complexity index is 1250. The highest BCUT2D eigenvalue weighted by atomic mass is 28.4. The normalized spacial score (nSPS) is 20.1. The lowest BCUT2D eigenvalue weighted by Crippen LogP contribution is -2.44. The van der Waals surface area contributed by atoms with Crippen molar-refractivity contribution in [3.05, 3.63) is 64.0 Å². The van der Waals surface area contributed by atoms with Gasteiger partial charge < -0.3 is 19.0 Å². The minimum absolute atomic E-state index is 0.0645. The second kappa shape index (κ2) is 11.9. The van der Waals surface area contributed by atoms with Gasteiger partial charge in [-0.25, -0.2) is 0 Å². The molecule has 1 aromatic heterocycles. The SMILES string of the molecule is CC(C)Oc1ccc([C@@H](O)c2c(C(C)C)nc3c(c2C2=CCOCC2)C(O[Si](C)(C)C(C)(C)C)CC(C)(C)C3)cc1. The number of fused-ring (bicyclic) bond motifs is 1. The van der Waals surface area contributed by atoms with Crippen molar-refractivity contribution in [3.63, 3.8) is 0 Å². The molecule has 0 saturated carbocycles. The number of benzene rings is 1. The van der Waals surface area contributed by atoms with Crippen molar-refractivity contribution in [1.82, 2.24) is 4.98 Å². The van der Waals surface area contributed by atoms with Crippen LogP contribution in [0.4, 0.5) is 0 Å².